The summed E-state index contributed by atoms with van der Waals surface area (Å²) in [7, 11) is 0. The van der Waals surface area contributed by atoms with Crippen LogP contribution in [0.5, 0.6) is 5.75 Å². The second kappa shape index (κ2) is 5.72. The molecule has 2 aromatic rings. The first-order valence-corrected chi connectivity index (χ1v) is 6.73. The molecular formula is C15H15Cl2NO. The highest BCUT2D eigenvalue weighted by Gasteiger charge is 2.11. The second-order valence-electron chi connectivity index (χ2n) is 4.59. The van der Waals surface area contributed by atoms with E-state index in [4.69, 9.17) is 23.2 Å². The summed E-state index contributed by atoms with van der Waals surface area (Å²) in [6, 6.07) is 10.8. The van der Waals surface area contributed by atoms with Crippen LogP contribution in [0.4, 0.5) is 5.69 Å². The van der Waals surface area contributed by atoms with Gasteiger partial charge in [0.2, 0.25) is 0 Å². The van der Waals surface area contributed by atoms with Crippen molar-refractivity contribution in [2.24, 2.45) is 0 Å². The Hall–Kier alpha value is -1.38. The number of phenols is 1. The predicted octanol–water partition coefficient (Wildman–Crippen LogP) is 5.18. The molecule has 0 aliphatic rings. The lowest BCUT2D eigenvalue weighted by atomic mass is 10.0. The van der Waals surface area contributed by atoms with E-state index in [2.05, 4.69) is 5.32 Å². The van der Waals surface area contributed by atoms with Crippen LogP contribution in [0.25, 0.3) is 0 Å². The minimum absolute atomic E-state index is 0.0468. The zero-order valence-corrected chi connectivity index (χ0v) is 12.3. The quantitative estimate of drug-likeness (QED) is 0.818. The van der Waals surface area contributed by atoms with Gasteiger partial charge in [-0.3, -0.25) is 0 Å². The molecule has 0 aliphatic heterocycles. The van der Waals surface area contributed by atoms with Gasteiger partial charge in [0.15, 0.2) is 0 Å². The fraction of sp³-hybridized carbons (Fsp3) is 0.200. The van der Waals surface area contributed by atoms with Crippen LogP contribution < -0.4 is 5.32 Å². The van der Waals surface area contributed by atoms with Gasteiger partial charge in [0, 0.05) is 21.3 Å². The average molecular weight is 296 g/mol. The molecule has 0 heterocycles. The first-order valence-electron chi connectivity index (χ1n) is 5.98. The number of phenolic OH excluding ortho intramolecular Hbond substituents is 1. The Morgan fingerprint density at radius 1 is 1.05 bits per heavy atom. The topological polar surface area (TPSA) is 32.3 Å². The number of nitrogens with one attached hydrogen (secondary N) is 1. The van der Waals surface area contributed by atoms with Gasteiger partial charge in [-0.25, -0.2) is 0 Å². The van der Waals surface area contributed by atoms with Crippen molar-refractivity contribution in [1.82, 2.24) is 0 Å². The van der Waals surface area contributed by atoms with E-state index in [1.807, 2.05) is 26.0 Å². The minimum atomic E-state index is -0.0468. The van der Waals surface area contributed by atoms with Gasteiger partial charge < -0.3 is 10.4 Å². The van der Waals surface area contributed by atoms with E-state index in [1.165, 1.54) is 0 Å². The fourth-order valence-corrected chi connectivity index (χ4v) is 2.51. The lowest BCUT2D eigenvalue weighted by Gasteiger charge is -2.18. The summed E-state index contributed by atoms with van der Waals surface area (Å²) in [5.41, 5.74) is 2.77. The second-order valence-corrected chi connectivity index (χ2v) is 5.46. The van der Waals surface area contributed by atoms with Gasteiger partial charge in [0.1, 0.15) is 5.75 Å². The van der Waals surface area contributed by atoms with Crippen molar-refractivity contribution >= 4 is 28.9 Å². The molecule has 0 bridgehead atoms. The monoisotopic (exact) mass is 295 g/mol. The Morgan fingerprint density at radius 2 is 1.68 bits per heavy atom. The number of benzene rings is 2. The van der Waals surface area contributed by atoms with Crippen LogP contribution in [-0.4, -0.2) is 5.11 Å². The SMILES string of the molecule is Cc1ccc(O)c(C(C)Nc2cc(Cl)cc(Cl)c2)c1. The molecule has 100 valence electrons. The third kappa shape index (κ3) is 3.55. The number of anilines is 1. The van der Waals surface area contributed by atoms with Gasteiger partial charge in [-0.15, -0.1) is 0 Å². The molecule has 1 atom stereocenters. The summed E-state index contributed by atoms with van der Waals surface area (Å²) < 4.78 is 0. The van der Waals surface area contributed by atoms with Gasteiger partial charge in [0.25, 0.3) is 0 Å². The summed E-state index contributed by atoms with van der Waals surface area (Å²) in [6.45, 7) is 3.97. The number of aromatic hydroxyl groups is 1. The van der Waals surface area contributed by atoms with Crippen molar-refractivity contribution in [3.05, 3.63) is 57.6 Å². The molecule has 0 amide bonds. The van der Waals surface area contributed by atoms with Crippen LogP contribution in [0.2, 0.25) is 10.0 Å². The van der Waals surface area contributed by atoms with Gasteiger partial charge >= 0.3 is 0 Å². The molecule has 0 spiro atoms. The Kier molecular flexibility index (Phi) is 4.23. The van der Waals surface area contributed by atoms with Crippen molar-refractivity contribution in [3.63, 3.8) is 0 Å². The summed E-state index contributed by atoms with van der Waals surface area (Å²) >= 11 is 11.9. The van der Waals surface area contributed by atoms with E-state index in [1.54, 1.807) is 24.3 Å². The molecule has 0 aromatic heterocycles. The number of aryl methyl sites for hydroxylation is 1. The maximum Gasteiger partial charge on any atom is 0.120 e. The molecule has 2 rings (SSSR count). The van der Waals surface area contributed by atoms with Crippen molar-refractivity contribution < 1.29 is 5.11 Å². The fourth-order valence-electron chi connectivity index (χ4n) is 1.99. The van der Waals surface area contributed by atoms with Gasteiger partial charge in [-0.1, -0.05) is 40.9 Å². The zero-order valence-electron chi connectivity index (χ0n) is 10.7. The van der Waals surface area contributed by atoms with Gasteiger partial charge in [-0.05, 0) is 38.1 Å². The number of hydrogen-bond acceptors (Lipinski definition) is 2. The summed E-state index contributed by atoms with van der Waals surface area (Å²) in [5.74, 6) is 0.277. The normalized spacial score (nSPS) is 12.2. The number of rotatable bonds is 3. The van der Waals surface area contributed by atoms with E-state index in [-0.39, 0.29) is 11.8 Å². The Labute approximate surface area is 123 Å². The summed E-state index contributed by atoms with van der Waals surface area (Å²) in [6.07, 6.45) is 0. The largest absolute Gasteiger partial charge is 0.508 e. The van der Waals surface area contributed by atoms with Crippen LogP contribution in [0.3, 0.4) is 0 Å². The first-order chi connectivity index (χ1) is 8.95. The van der Waals surface area contributed by atoms with Crippen molar-refractivity contribution in [2.45, 2.75) is 19.9 Å². The highest BCUT2D eigenvalue weighted by atomic mass is 35.5. The molecule has 2 aromatic carbocycles. The summed E-state index contributed by atoms with van der Waals surface area (Å²) in [4.78, 5) is 0. The lowest BCUT2D eigenvalue weighted by Crippen LogP contribution is -2.07. The molecule has 0 aliphatic carbocycles. The highest BCUT2D eigenvalue weighted by molar-refractivity contribution is 6.35. The van der Waals surface area contributed by atoms with Crippen LogP contribution in [0.1, 0.15) is 24.1 Å². The van der Waals surface area contributed by atoms with E-state index in [0.29, 0.717) is 10.0 Å². The van der Waals surface area contributed by atoms with E-state index >= 15 is 0 Å². The molecular weight excluding hydrogens is 281 g/mol. The smallest absolute Gasteiger partial charge is 0.120 e. The van der Waals surface area contributed by atoms with Crippen LogP contribution in [0, 0.1) is 6.92 Å². The third-order valence-electron chi connectivity index (χ3n) is 2.90. The molecule has 1 unspecified atom stereocenters. The van der Waals surface area contributed by atoms with Crippen molar-refractivity contribution in [1.29, 1.82) is 0 Å². The standard InChI is InChI=1S/C15H15Cl2NO/c1-9-3-4-15(19)14(5-9)10(2)18-13-7-11(16)6-12(17)8-13/h3-8,10,18-19H,1-2H3. The van der Waals surface area contributed by atoms with E-state index in [9.17, 15) is 5.11 Å². The maximum atomic E-state index is 9.90. The van der Waals surface area contributed by atoms with Crippen LogP contribution >= 0.6 is 23.2 Å². The minimum Gasteiger partial charge on any atom is -0.508 e. The van der Waals surface area contributed by atoms with Crippen LogP contribution in [0.15, 0.2) is 36.4 Å². The molecule has 19 heavy (non-hydrogen) atoms. The molecule has 0 saturated heterocycles. The molecule has 0 fully saturated rings. The van der Waals surface area contributed by atoms with E-state index in [0.717, 1.165) is 16.8 Å². The average Bonchev–Trinajstić information content (AvgIpc) is 2.30. The Morgan fingerprint density at radius 3 is 2.32 bits per heavy atom. The molecule has 0 saturated carbocycles. The first kappa shape index (κ1) is 14.0. The van der Waals surface area contributed by atoms with Crippen molar-refractivity contribution in [3.8, 4) is 5.75 Å². The number of halogens is 2. The van der Waals surface area contributed by atoms with E-state index < -0.39 is 0 Å². The van der Waals surface area contributed by atoms with Gasteiger partial charge in [-0.2, -0.15) is 0 Å². The predicted molar refractivity (Wildman–Crippen MR) is 81.3 cm³/mol. The lowest BCUT2D eigenvalue weighted by molar-refractivity contribution is 0.465. The van der Waals surface area contributed by atoms with Crippen LogP contribution in [-0.2, 0) is 0 Å². The number of hydrogen-bond donors (Lipinski definition) is 2. The molecule has 0 radical (unpaired) electrons. The molecule has 2 N–H and O–H groups in total. The van der Waals surface area contributed by atoms with Gasteiger partial charge in [0.05, 0.1) is 6.04 Å². The molecule has 4 heteroatoms. The third-order valence-corrected chi connectivity index (χ3v) is 3.33. The maximum absolute atomic E-state index is 9.90. The zero-order chi connectivity index (χ0) is 14.0. The Balaban J connectivity index is 2.25. The summed E-state index contributed by atoms with van der Waals surface area (Å²) in [5, 5.41) is 14.3. The van der Waals surface area contributed by atoms with Crippen molar-refractivity contribution in [2.75, 3.05) is 5.32 Å². The Bertz CT molecular complexity index is 578. The molecule has 2 nitrogen and oxygen atoms in total. The highest BCUT2D eigenvalue weighted by Crippen LogP contribution is 2.30.